The Hall–Kier alpha value is -0.550. The quantitative estimate of drug-likeness (QED) is 0.862. The monoisotopic (exact) mass is 292 g/mol. The van der Waals surface area contributed by atoms with E-state index in [4.69, 9.17) is 5.11 Å². The van der Waals surface area contributed by atoms with Crippen molar-refractivity contribution in [2.75, 3.05) is 0 Å². The number of thioether (sulfide) groups is 1. The third-order valence-electron chi connectivity index (χ3n) is 1.64. The summed E-state index contributed by atoms with van der Waals surface area (Å²) in [7, 11) is 0. The second kappa shape index (κ2) is 4.99. The summed E-state index contributed by atoms with van der Waals surface area (Å²) in [6.45, 7) is 3.90. The molecule has 0 bridgehead atoms. The topological polar surface area (TPSA) is 37.3 Å². The van der Waals surface area contributed by atoms with Crippen LogP contribution in [0.5, 0.6) is 0 Å². The molecule has 5 heteroatoms. The minimum Gasteiger partial charge on any atom is -0.478 e. The Morgan fingerprint density at radius 3 is 2.60 bits per heavy atom. The van der Waals surface area contributed by atoms with Crippen LogP contribution in [0, 0.1) is 5.82 Å². The minimum atomic E-state index is -1.14. The molecule has 0 aromatic heterocycles. The average Bonchev–Trinajstić information content (AvgIpc) is 2.12. The molecule has 1 aromatic carbocycles. The van der Waals surface area contributed by atoms with E-state index in [0.717, 1.165) is 0 Å². The van der Waals surface area contributed by atoms with Gasteiger partial charge in [-0.15, -0.1) is 11.8 Å². The van der Waals surface area contributed by atoms with E-state index in [9.17, 15) is 9.18 Å². The number of halogens is 2. The lowest BCUT2D eigenvalue weighted by Crippen LogP contribution is -2.01. The van der Waals surface area contributed by atoms with Crippen molar-refractivity contribution in [2.24, 2.45) is 0 Å². The molecule has 0 aliphatic heterocycles. The molecule has 0 atom stereocenters. The lowest BCUT2D eigenvalue weighted by atomic mass is 10.2. The van der Waals surface area contributed by atoms with Gasteiger partial charge in [0.05, 0.1) is 10.0 Å². The van der Waals surface area contributed by atoms with E-state index in [1.165, 1.54) is 23.9 Å². The normalized spacial score (nSPS) is 10.7. The van der Waals surface area contributed by atoms with Crippen LogP contribution >= 0.6 is 27.7 Å². The van der Waals surface area contributed by atoms with Crippen molar-refractivity contribution in [2.45, 2.75) is 24.0 Å². The summed E-state index contributed by atoms with van der Waals surface area (Å²) in [5, 5.41) is 9.01. The largest absolute Gasteiger partial charge is 0.478 e. The van der Waals surface area contributed by atoms with Gasteiger partial charge in [-0.25, -0.2) is 9.18 Å². The van der Waals surface area contributed by atoms with Crippen LogP contribution in [0.15, 0.2) is 21.5 Å². The third kappa shape index (κ3) is 2.95. The second-order valence-corrected chi connectivity index (χ2v) is 5.62. The van der Waals surface area contributed by atoms with Gasteiger partial charge in [-0.3, -0.25) is 0 Å². The molecule has 2 nitrogen and oxygen atoms in total. The number of hydrogen-bond donors (Lipinski definition) is 1. The van der Waals surface area contributed by atoms with E-state index in [-0.39, 0.29) is 15.3 Å². The molecule has 0 spiro atoms. The first-order valence-electron chi connectivity index (χ1n) is 4.31. The van der Waals surface area contributed by atoms with Gasteiger partial charge in [-0.05, 0) is 28.1 Å². The Kier molecular flexibility index (Phi) is 4.16. The maximum Gasteiger partial charge on any atom is 0.336 e. The van der Waals surface area contributed by atoms with Gasteiger partial charge in [0.2, 0.25) is 0 Å². The molecule has 0 unspecified atom stereocenters. The average molecular weight is 293 g/mol. The van der Waals surface area contributed by atoms with Crippen LogP contribution in [0.1, 0.15) is 24.2 Å². The standard InChI is InChI=1S/C10H10BrFO2S/c1-5(2)15-7-4-3-6(10(13)14)8(11)9(7)12/h3-5H,1-2H3,(H,13,14). The van der Waals surface area contributed by atoms with Gasteiger partial charge in [0.15, 0.2) is 5.82 Å². The fraction of sp³-hybridized carbons (Fsp3) is 0.300. The van der Waals surface area contributed by atoms with Crippen molar-refractivity contribution in [1.29, 1.82) is 0 Å². The van der Waals surface area contributed by atoms with Gasteiger partial charge in [0, 0.05) is 10.1 Å². The third-order valence-corrected chi connectivity index (χ3v) is 3.46. The van der Waals surface area contributed by atoms with Crippen molar-refractivity contribution < 1.29 is 14.3 Å². The number of aromatic carboxylic acids is 1. The zero-order valence-electron chi connectivity index (χ0n) is 8.25. The molecule has 15 heavy (non-hydrogen) atoms. The van der Waals surface area contributed by atoms with Crippen LogP contribution in [0.25, 0.3) is 0 Å². The predicted octanol–water partition coefficient (Wildman–Crippen LogP) is 3.79. The van der Waals surface area contributed by atoms with Crippen LogP contribution in [0.2, 0.25) is 0 Å². The van der Waals surface area contributed by atoms with Crippen LogP contribution in [-0.2, 0) is 0 Å². The van der Waals surface area contributed by atoms with Crippen molar-refractivity contribution in [3.05, 3.63) is 28.0 Å². The molecular formula is C10H10BrFO2S. The van der Waals surface area contributed by atoms with Gasteiger partial charge >= 0.3 is 5.97 Å². The minimum absolute atomic E-state index is 0.0145. The van der Waals surface area contributed by atoms with E-state index in [1.807, 2.05) is 13.8 Å². The molecule has 0 amide bonds. The molecule has 0 heterocycles. The van der Waals surface area contributed by atoms with Gasteiger partial charge < -0.3 is 5.11 Å². The van der Waals surface area contributed by atoms with Crippen LogP contribution in [0.3, 0.4) is 0 Å². The summed E-state index contributed by atoms with van der Waals surface area (Å²) in [5.74, 6) is -1.64. The lowest BCUT2D eigenvalue weighted by Gasteiger charge is -2.08. The molecule has 1 N–H and O–H groups in total. The highest BCUT2D eigenvalue weighted by Gasteiger charge is 2.16. The second-order valence-electron chi connectivity index (χ2n) is 3.21. The molecule has 0 saturated carbocycles. The summed E-state index contributed by atoms with van der Waals surface area (Å²) in [4.78, 5) is 11.2. The van der Waals surface area contributed by atoms with Crippen LogP contribution < -0.4 is 0 Å². The van der Waals surface area contributed by atoms with E-state index < -0.39 is 11.8 Å². The van der Waals surface area contributed by atoms with E-state index in [1.54, 1.807) is 0 Å². The molecular weight excluding hydrogens is 283 g/mol. The Morgan fingerprint density at radius 2 is 2.13 bits per heavy atom. The van der Waals surface area contributed by atoms with Crippen molar-refractivity contribution in [3.8, 4) is 0 Å². The summed E-state index contributed by atoms with van der Waals surface area (Å²) in [6.07, 6.45) is 0. The van der Waals surface area contributed by atoms with Crippen LogP contribution in [-0.4, -0.2) is 16.3 Å². The summed E-state index contributed by atoms with van der Waals surface area (Å²) < 4.78 is 13.7. The summed E-state index contributed by atoms with van der Waals surface area (Å²) in [6, 6.07) is 2.90. The number of carboxylic acid groups (broad SMARTS) is 1. The molecule has 0 saturated heterocycles. The number of hydrogen-bond acceptors (Lipinski definition) is 2. The molecule has 0 aliphatic rings. The zero-order valence-corrected chi connectivity index (χ0v) is 10.7. The molecule has 82 valence electrons. The summed E-state index contributed by atoms with van der Waals surface area (Å²) >= 11 is 4.31. The lowest BCUT2D eigenvalue weighted by molar-refractivity contribution is 0.0695. The first kappa shape index (κ1) is 12.5. The van der Waals surface area contributed by atoms with E-state index >= 15 is 0 Å². The van der Waals surface area contributed by atoms with Crippen molar-refractivity contribution in [1.82, 2.24) is 0 Å². The zero-order chi connectivity index (χ0) is 11.6. The number of benzene rings is 1. The van der Waals surface area contributed by atoms with Gasteiger partial charge in [-0.1, -0.05) is 13.8 Å². The Balaban J connectivity index is 3.15. The Morgan fingerprint density at radius 1 is 1.53 bits per heavy atom. The first-order valence-corrected chi connectivity index (χ1v) is 5.98. The Bertz CT molecular complexity index is 393. The number of carboxylic acids is 1. The molecule has 0 radical (unpaired) electrons. The van der Waals surface area contributed by atoms with Gasteiger partial charge in [0.1, 0.15) is 0 Å². The highest BCUT2D eigenvalue weighted by molar-refractivity contribution is 9.10. The van der Waals surface area contributed by atoms with Gasteiger partial charge in [-0.2, -0.15) is 0 Å². The molecule has 0 aliphatic carbocycles. The van der Waals surface area contributed by atoms with Crippen molar-refractivity contribution >= 4 is 33.7 Å². The smallest absolute Gasteiger partial charge is 0.336 e. The SMILES string of the molecule is CC(C)Sc1ccc(C(=O)O)c(Br)c1F. The van der Waals surface area contributed by atoms with Crippen molar-refractivity contribution in [3.63, 3.8) is 0 Å². The van der Waals surface area contributed by atoms with E-state index in [2.05, 4.69) is 15.9 Å². The van der Waals surface area contributed by atoms with Gasteiger partial charge in [0.25, 0.3) is 0 Å². The Labute approximate surface area is 100 Å². The van der Waals surface area contributed by atoms with Crippen LogP contribution in [0.4, 0.5) is 4.39 Å². The predicted molar refractivity (Wildman–Crippen MR) is 62.1 cm³/mol. The highest BCUT2D eigenvalue weighted by atomic mass is 79.9. The number of rotatable bonds is 3. The number of carbonyl (C=O) groups is 1. The molecule has 0 fully saturated rings. The fourth-order valence-corrected chi connectivity index (χ4v) is 2.55. The maximum absolute atomic E-state index is 13.7. The maximum atomic E-state index is 13.7. The molecule has 1 aromatic rings. The first-order chi connectivity index (χ1) is 6.93. The van der Waals surface area contributed by atoms with E-state index in [0.29, 0.717) is 4.90 Å². The summed E-state index contributed by atoms with van der Waals surface area (Å²) in [5.41, 5.74) is -0.0550. The highest BCUT2D eigenvalue weighted by Crippen LogP contribution is 2.32. The fourth-order valence-electron chi connectivity index (χ4n) is 1.04. The molecule has 1 rings (SSSR count).